The van der Waals surface area contributed by atoms with E-state index in [1.54, 1.807) is 65.6 Å². The molecular weight excluding hydrogens is 869 g/mol. The lowest BCUT2D eigenvalue weighted by Gasteiger charge is -2.35. The van der Waals surface area contributed by atoms with Gasteiger partial charge in [-0.2, -0.15) is 8.42 Å². The van der Waals surface area contributed by atoms with Gasteiger partial charge in [0, 0.05) is 61.8 Å². The highest BCUT2D eigenvalue weighted by Crippen LogP contribution is 2.24. The van der Waals surface area contributed by atoms with E-state index >= 15 is 0 Å². The number of nitrogens with zero attached hydrogens (tertiary/aromatic N) is 4. The molecule has 3 fully saturated rings. The summed E-state index contributed by atoms with van der Waals surface area (Å²) in [6.45, 7) is 8.71. The van der Waals surface area contributed by atoms with Gasteiger partial charge in [-0.15, -0.1) is 0 Å². The third-order valence-electron chi connectivity index (χ3n) is 10.0. The van der Waals surface area contributed by atoms with Crippen LogP contribution in [0.15, 0.2) is 94.2 Å². The first-order chi connectivity index (χ1) is 31.0. The summed E-state index contributed by atoms with van der Waals surface area (Å²) >= 11 is 0. The van der Waals surface area contributed by atoms with Gasteiger partial charge < -0.3 is 38.6 Å². The molecular formula is C43H50N8O13S. The fourth-order valence-corrected chi connectivity index (χ4v) is 7.23. The summed E-state index contributed by atoms with van der Waals surface area (Å²) in [7, 11) is -3.63. The number of esters is 1. The van der Waals surface area contributed by atoms with Gasteiger partial charge >= 0.3 is 18.2 Å². The minimum Gasteiger partial charge on any atom is -0.463 e. The Morgan fingerprint density at radius 3 is 1.63 bits per heavy atom. The second kappa shape index (κ2) is 21.7. The molecule has 4 amide bonds. The van der Waals surface area contributed by atoms with Crippen molar-refractivity contribution in [2.45, 2.75) is 38.6 Å². The highest BCUT2D eigenvalue weighted by molar-refractivity contribution is 7.86. The number of piperazine rings is 1. The second-order valence-corrected chi connectivity index (χ2v) is 17.0. The van der Waals surface area contributed by atoms with Gasteiger partial charge in [0.05, 0.1) is 44.4 Å². The van der Waals surface area contributed by atoms with Crippen LogP contribution in [0.4, 0.5) is 21.0 Å². The van der Waals surface area contributed by atoms with Crippen LogP contribution >= 0.6 is 0 Å². The Hall–Kier alpha value is -6.88. The van der Waals surface area contributed by atoms with Gasteiger partial charge in [-0.05, 0) is 86.6 Å². The Bertz CT molecular complexity index is 2420. The zero-order valence-corrected chi connectivity index (χ0v) is 36.7. The van der Waals surface area contributed by atoms with Gasteiger partial charge in [0.1, 0.15) is 30.5 Å². The van der Waals surface area contributed by atoms with Crippen LogP contribution < -0.4 is 20.4 Å². The summed E-state index contributed by atoms with van der Waals surface area (Å²) in [5.74, 6) is -1.19. The maximum atomic E-state index is 12.5. The van der Waals surface area contributed by atoms with E-state index in [2.05, 4.69) is 24.6 Å². The fourth-order valence-electron chi connectivity index (χ4n) is 6.83. The normalized spacial score (nSPS) is 17.8. The maximum absolute atomic E-state index is 12.5. The molecule has 0 aliphatic carbocycles. The third kappa shape index (κ3) is 13.8. The average Bonchev–Trinajstić information content (AvgIpc) is 4.12. The zero-order chi connectivity index (χ0) is 46.7. The molecule has 7 rings (SSSR count). The minimum absolute atomic E-state index is 0.0641. The Morgan fingerprint density at radius 2 is 1.18 bits per heavy atom. The highest BCUT2D eigenvalue weighted by Gasteiger charge is 2.35. The number of hydrogen-bond donors (Lipinski definition) is 4. The van der Waals surface area contributed by atoms with E-state index in [1.807, 2.05) is 13.8 Å². The molecule has 5 heterocycles. The molecule has 2 aromatic heterocycles. The number of rotatable bonds is 15. The molecule has 0 bridgehead atoms. The van der Waals surface area contributed by atoms with Crippen LogP contribution in [-0.4, -0.2) is 143 Å². The lowest BCUT2D eigenvalue weighted by molar-refractivity contribution is -0.147. The first-order valence-electron chi connectivity index (χ1n) is 20.5. The van der Waals surface area contributed by atoms with Crippen LogP contribution in [0.5, 0.6) is 0 Å². The molecule has 4 aromatic rings. The van der Waals surface area contributed by atoms with Crippen LogP contribution in [0.1, 0.15) is 52.5 Å². The third-order valence-corrected chi connectivity index (χ3v) is 10.6. The summed E-state index contributed by atoms with van der Waals surface area (Å²) in [5.41, 5.74) is 2.09. The molecule has 65 heavy (non-hydrogen) atoms. The largest absolute Gasteiger partial charge is 0.463 e. The highest BCUT2D eigenvalue weighted by atomic mass is 32.2. The van der Waals surface area contributed by atoms with Crippen molar-refractivity contribution in [1.29, 1.82) is 10.8 Å². The number of ether oxygens (including phenoxy) is 3. The summed E-state index contributed by atoms with van der Waals surface area (Å²) in [4.78, 5) is 67.7. The van der Waals surface area contributed by atoms with Crippen LogP contribution in [0.25, 0.3) is 0 Å². The second-order valence-electron chi connectivity index (χ2n) is 15.4. The minimum atomic E-state index is -3.63. The van der Waals surface area contributed by atoms with Gasteiger partial charge in [0.15, 0.2) is 11.5 Å². The van der Waals surface area contributed by atoms with Crippen molar-refractivity contribution >= 4 is 63.1 Å². The molecule has 0 radical (unpaired) electrons. The number of cyclic esters (lactones) is 2. The van der Waals surface area contributed by atoms with Gasteiger partial charge in [0.25, 0.3) is 21.9 Å². The Morgan fingerprint density at radius 1 is 0.723 bits per heavy atom. The number of carbonyl (C=O) groups is 5. The van der Waals surface area contributed by atoms with Gasteiger partial charge in [0.2, 0.25) is 0 Å². The Labute approximate surface area is 374 Å². The fraction of sp³-hybridized carbons (Fsp3) is 0.372. The number of nitrogens with one attached hydrogen (secondary N) is 4. The monoisotopic (exact) mass is 918 g/mol. The van der Waals surface area contributed by atoms with Gasteiger partial charge in [-0.3, -0.25) is 44.1 Å². The number of benzene rings is 2. The molecule has 3 aliphatic rings. The van der Waals surface area contributed by atoms with Crippen LogP contribution in [0.3, 0.4) is 0 Å². The molecule has 2 atom stereocenters. The molecule has 3 aliphatic heterocycles. The van der Waals surface area contributed by atoms with E-state index in [0.717, 1.165) is 32.4 Å². The van der Waals surface area contributed by atoms with Crippen molar-refractivity contribution in [2.24, 2.45) is 0 Å². The number of anilines is 2. The summed E-state index contributed by atoms with van der Waals surface area (Å²) < 4.78 is 52.6. The van der Waals surface area contributed by atoms with E-state index in [0.29, 0.717) is 48.6 Å². The quantitative estimate of drug-likeness (QED) is 0.0436. The van der Waals surface area contributed by atoms with E-state index < -0.39 is 40.2 Å². The molecule has 0 saturated carbocycles. The zero-order valence-electron chi connectivity index (χ0n) is 35.9. The van der Waals surface area contributed by atoms with Crippen molar-refractivity contribution in [1.82, 2.24) is 20.4 Å². The first kappa shape index (κ1) is 47.6. The molecule has 21 nitrogen and oxygen atoms in total. The van der Waals surface area contributed by atoms with Crippen molar-refractivity contribution < 1.29 is 59.6 Å². The van der Waals surface area contributed by atoms with Crippen molar-refractivity contribution in [3.05, 3.63) is 108 Å². The summed E-state index contributed by atoms with van der Waals surface area (Å²) in [6.07, 6.45) is 1.98. The first-order valence-corrected chi connectivity index (χ1v) is 22.4. The SMILES string of the molecule is CC(C)OC(=O)CCN1CCN(CC2CN(c3ccc(C(=N)NC(=O)c4ccco4)cc3)C(=O)O2)CC1.CS(=O)(=O)OCC1CN(c2ccc(C(=N)NC(=O)c3ccco3)cc2)C(=O)O1. The number of furan rings is 2. The average molecular weight is 919 g/mol. The van der Waals surface area contributed by atoms with Crippen LogP contribution in [0, 0.1) is 10.8 Å². The number of carbonyl (C=O) groups excluding carboxylic acids is 5. The molecule has 4 N–H and O–H groups in total. The van der Waals surface area contributed by atoms with E-state index in [1.165, 1.54) is 29.6 Å². The van der Waals surface area contributed by atoms with Gasteiger partial charge in [-0.25, -0.2) is 9.59 Å². The summed E-state index contributed by atoms with van der Waals surface area (Å²) in [6, 6.07) is 19.3. The number of hydrogen-bond acceptors (Lipinski definition) is 17. The smallest absolute Gasteiger partial charge is 0.414 e. The lowest BCUT2D eigenvalue weighted by atomic mass is 10.1. The lowest BCUT2D eigenvalue weighted by Crippen LogP contribution is -2.49. The maximum Gasteiger partial charge on any atom is 0.414 e. The summed E-state index contributed by atoms with van der Waals surface area (Å²) in [5, 5.41) is 21.0. The van der Waals surface area contributed by atoms with Crippen LogP contribution in [0.2, 0.25) is 0 Å². The van der Waals surface area contributed by atoms with Gasteiger partial charge in [-0.1, -0.05) is 0 Å². The predicted octanol–water partition coefficient (Wildman–Crippen LogP) is 3.66. The van der Waals surface area contributed by atoms with Crippen molar-refractivity contribution in [3.63, 3.8) is 0 Å². The molecule has 22 heteroatoms. The van der Waals surface area contributed by atoms with E-state index in [9.17, 15) is 32.4 Å². The van der Waals surface area contributed by atoms with E-state index in [-0.39, 0.29) is 54.5 Å². The molecule has 346 valence electrons. The molecule has 0 spiro atoms. The molecule has 2 unspecified atom stereocenters. The Balaban J connectivity index is 0.000000224. The Kier molecular flexibility index (Phi) is 15.9. The standard InChI is InChI=1S/C26H33N5O6.C17H17N3O7S/c1-18(2)36-23(32)9-10-29-11-13-30(14-12-29)16-21-17-31(26(34)37-21)20-7-5-19(6-8-20)24(27)28-25(33)22-4-3-15-35-22;1-28(23,24)26-10-13-9-20(17(22)27-13)12-6-4-11(5-7-12)15(18)19-16(21)14-3-2-8-25-14/h3-8,15,18,21H,9-14,16-17H2,1-2H3,(H2,27,28,33);2-8,13H,9-10H2,1H3,(H2,18,19,21). The molecule has 3 saturated heterocycles. The van der Waals surface area contributed by atoms with Crippen molar-refractivity contribution in [3.8, 4) is 0 Å². The van der Waals surface area contributed by atoms with Crippen LogP contribution in [-0.2, 0) is 33.3 Å². The topological polar surface area (TPSA) is 267 Å². The number of amidine groups is 2. The van der Waals surface area contributed by atoms with Crippen molar-refractivity contribution in [2.75, 3.05) is 75.0 Å². The number of amides is 4. The van der Waals surface area contributed by atoms with E-state index in [4.69, 9.17) is 33.9 Å². The predicted molar refractivity (Wildman–Crippen MR) is 234 cm³/mol. The molecule has 2 aromatic carbocycles.